The summed E-state index contributed by atoms with van der Waals surface area (Å²) in [4.78, 5) is 27.2. The van der Waals surface area contributed by atoms with E-state index in [1.807, 2.05) is 0 Å². The fraction of sp³-hybridized carbons (Fsp3) is 0.0833. The summed E-state index contributed by atoms with van der Waals surface area (Å²) in [6, 6.07) is 5.30. The molecule has 1 aromatic heterocycles. The summed E-state index contributed by atoms with van der Waals surface area (Å²) in [7, 11) is 0. The number of nitrogens with one attached hydrogen (secondary N) is 1. The zero-order chi connectivity index (χ0) is 13.8. The lowest BCUT2D eigenvalue weighted by molar-refractivity contribution is -0.139. The van der Waals surface area contributed by atoms with Crippen molar-refractivity contribution in [1.29, 1.82) is 0 Å². The zero-order valence-electron chi connectivity index (χ0n) is 9.54. The van der Waals surface area contributed by atoms with Crippen LogP contribution in [0.4, 0.5) is 0 Å². The second-order valence-corrected chi connectivity index (χ2v) is 4.93. The van der Waals surface area contributed by atoms with Gasteiger partial charge >= 0.3 is 5.97 Å². The lowest BCUT2D eigenvalue weighted by atomic mass is 10.1. The summed E-state index contributed by atoms with van der Waals surface area (Å²) >= 11 is 7.08. The molecule has 0 bridgehead atoms. The van der Waals surface area contributed by atoms with Gasteiger partial charge < -0.3 is 10.4 Å². The van der Waals surface area contributed by atoms with Crippen LogP contribution in [-0.2, 0) is 4.79 Å². The fourth-order valence-corrected chi connectivity index (χ4v) is 2.28. The van der Waals surface area contributed by atoms with E-state index >= 15 is 0 Å². The number of halogens is 1. The van der Waals surface area contributed by atoms with Gasteiger partial charge in [0, 0.05) is 10.6 Å². The maximum atomic E-state index is 11.9. The minimum absolute atomic E-state index is 0.291. The first-order chi connectivity index (χ1) is 9.09. The monoisotopic (exact) mass is 296 g/mol. The first-order valence-electron chi connectivity index (χ1n) is 5.26. The molecule has 5 nitrogen and oxygen atoms in total. The Bertz CT molecular complexity index is 601. The predicted octanol–water partition coefficient (Wildman–Crippen LogP) is 2.35. The van der Waals surface area contributed by atoms with Gasteiger partial charge in [0.15, 0.2) is 6.04 Å². The van der Waals surface area contributed by atoms with Crippen molar-refractivity contribution in [2.24, 2.45) is 0 Å². The van der Waals surface area contributed by atoms with Gasteiger partial charge in [-0.2, -0.15) is 0 Å². The molecular weight excluding hydrogens is 288 g/mol. The summed E-state index contributed by atoms with van der Waals surface area (Å²) in [5.74, 6) is -1.67. The number of carboxylic acids is 1. The highest BCUT2D eigenvalue weighted by molar-refractivity contribution is 7.11. The number of nitrogens with zero attached hydrogens (tertiary/aromatic N) is 1. The van der Waals surface area contributed by atoms with Crippen LogP contribution in [0.3, 0.4) is 0 Å². The Morgan fingerprint density at radius 1 is 1.37 bits per heavy atom. The normalized spacial score (nSPS) is 11.8. The van der Waals surface area contributed by atoms with E-state index in [0.717, 1.165) is 11.3 Å². The summed E-state index contributed by atoms with van der Waals surface area (Å²) < 4.78 is 0. The van der Waals surface area contributed by atoms with Gasteiger partial charge in [0.2, 0.25) is 0 Å². The van der Waals surface area contributed by atoms with Crippen molar-refractivity contribution in [3.05, 3.63) is 51.4 Å². The van der Waals surface area contributed by atoms with Gasteiger partial charge in [0.05, 0.1) is 11.7 Å². The van der Waals surface area contributed by atoms with Gasteiger partial charge in [0.25, 0.3) is 5.91 Å². The molecule has 1 atom stereocenters. The Labute approximate surface area is 117 Å². The first kappa shape index (κ1) is 13.5. The molecule has 7 heteroatoms. The topological polar surface area (TPSA) is 79.3 Å². The van der Waals surface area contributed by atoms with Crippen LogP contribution in [0.25, 0.3) is 0 Å². The average Bonchev–Trinajstić information content (AvgIpc) is 2.90. The summed E-state index contributed by atoms with van der Waals surface area (Å²) in [5, 5.41) is 11.9. The molecule has 0 saturated heterocycles. The van der Waals surface area contributed by atoms with E-state index in [9.17, 15) is 14.7 Å². The van der Waals surface area contributed by atoms with Crippen molar-refractivity contribution in [2.75, 3.05) is 0 Å². The van der Waals surface area contributed by atoms with E-state index in [0.29, 0.717) is 15.5 Å². The Balaban J connectivity index is 2.25. The number of hydrogen-bond acceptors (Lipinski definition) is 4. The highest BCUT2D eigenvalue weighted by Gasteiger charge is 2.25. The van der Waals surface area contributed by atoms with Crippen LogP contribution >= 0.6 is 22.9 Å². The van der Waals surface area contributed by atoms with Crippen molar-refractivity contribution in [3.63, 3.8) is 0 Å². The maximum Gasteiger partial charge on any atom is 0.330 e. The molecule has 0 fully saturated rings. The molecule has 1 heterocycles. The van der Waals surface area contributed by atoms with Gasteiger partial charge in [0.1, 0.15) is 4.88 Å². The highest BCUT2D eigenvalue weighted by Crippen LogP contribution is 2.23. The number of benzene rings is 1. The standard InChI is InChI=1S/C12H9ClN2O3S/c13-8-4-2-1-3-7(8)10(12(17)18)15-11(16)9-5-14-6-19-9/h1-6,10H,(H,15,16)(H,17,18)/t10-/m1/s1. The smallest absolute Gasteiger partial charge is 0.330 e. The van der Waals surface area contributed by atoms with Gasteiger partial charge in [-0.25, -0.2) is 4.79 Å². The molecule has 0 spiro atoms. The third-order valence-corrected chi connectivity index (χ3v) is 3.51. The number of aliphatic carboxylic acids is 1. The molecule has 0 aliphatic heterocycles. The van der Waals surface area contributed by atoms with Crippen LogP contribution in [0.1, 0.15) is 21.3 Å². The lowest BCUT2D eigenvalue weighted by Crippen LogP contribution is -2.33. The molecule has 2 N–H and O–H groups in total. The van der Waals surface area contributed by atoms with Crippen molar-refractivity contribution in [2.45, 2.75) is 6.04 Å². The van der Waals surface area contributed by atoms with E-state index in [-0.39, 0.29) is 0 Å². The number of rotatable bonds is 4. The molecule has 0 unspecified atom stereocenters. The average molecular weight is 297 g/mol. The van der Waals surface area contributed by atoms with Gasteiger partial charge in [-0.3, -0.25) is 9.78 Å². The van der Waals surface area contributed by atoms with E-state index in [2.05, 4.69) is 10.3 Å². The Kier molecular flexibility index (Phi) is 4.13. The number of carbonyl (C=O) groups excluding carboxylic acids is 1. The lowest BCUT2D eigenvalue weighted by Gasteiger charge is -2.15. The molecule has 1 aromatic carbocycles. The number of aromatic nitrogens is 1. The van der Waals surface area contributed by atoms with Gasteiger partial charge in [-0.15, -0.1) is 11.3 Å². The summed E-state index contributed by atoms with van der Waals surface area (Å²) in [6.45, 7) is 0. The largest absolute Gasteiger partial charge is 0.479 e. The minimum atomic E-state index is -1.19. The quantitative estimate of drug-likeness (QED) is 0.907. The predicted molar refractivity (Wildman–Crippen MR) is 71.4 cm³/mol. The SMILES string of the molecule is O=C(N[C@@H](C(=O)O)c1ccccc1Cl)c1cncs1. The Morgan fingerprint density at radius 3 is 2.68 bits per heavy atom. The van der Waals surface area contributed by atoms with Crippen LogP contribution in [0.2, 0.25) is 5.02 Å². The number of thiazole rings is 1. The fourth-order valence-electron chi connectivity index (χ4n) is 1.51. The summed E-state index contributed by atoms with van der Waals surface area (Å²) in [6.07, 6.45) is 1.38. The third kappa shape index (κ3) is 3.10. The van der Waals surface area contributed by atoms with Crippen LogP contribution in [0.5, 0.6) is 0 Å². The van der Waals surface area contributed by atoms with Crippen molar-refractivity contribution in [1.82, 2.24) is 10.3 Å². The van der Waals surface area contributed by atoms with Crippen molar-refractivity contribution >= 4 is 34.8 Å². The molecule has 1 amide bonds. The van der Waals surface area contributed by atoms with E-state index in [1.54, 1.807) is 24.3 Å². The Hall–Kier alpha value is -1.92. The summed E-state index contributed by atoms with van der Waals surface area (Å²) in [5.41, 5.74) is 1.84. The molecule has 2 rings (SSSR count). The molecule has 19 heavy (non-hydrogen) atoms. The van der Waals surface area contributed by atoms with Crippen LogP contribution in [0.15, 0.2) is 36.0 Å². The Morgan fingerprint density at radius 2 is 2.11 bits per heavy atom. The number of amides is 1. The van der Waals surface area contributed by atoms with Gasteiger partial charge in [-0.1, -0.05) is 29.8 Å². The number of hydrogen-bond donors (Lipinski definition) is 2. The minimum Gasteiger partial charge on any atom is -0.479 e. The van der Waals surface area contributed by atoms with E-state index in [4.69, 9.17) is 11.6 Å². The second-order valence-electron chi connectivity index (χ2n) is 3.63. The molecular formula is C12H9ClN2O3S. The maximum absolute atomic E-state index is 11.9. The number of carboxylic acid groups (broad SMARTS) is 1. The first-order valence-corrected chi connectivity index (χ1v) is 6.52. The molecule has 0 aliphatic rings. The molecule has 0 saturated carbocycles. The van der Waals surface area contributed by atoms with Crippen LogP contribution in [-0.4, -0.2) is 22.0 Å². The highest BCUT2D eigenvalue weighted by atomic mass is 35.5. The number of carbonyl (C=O) groups is 2. The second kappa shape index (κ2) is 5.81. The molecule has 0 aliphatic carbocycles. The zero-order valence-corrected chi connectivity index (χ0v) is 11.1. The van der Waals surface area contributed by atoms with Crippen molar-refractivity contribution < 1.29 is 14.7 Å². The van der Waals surface area contributed by atoms with Gasteiger partial charge in [-0.05, 0) is 6.07 Å². The van der Waals surface area contributed by atoms with Crippen LogP contribution in [0, 0.1) is 0 Å². The molecule has 2 aromatic rings. The molecule has 98 valence electrons. The van der Waals surface area contributed by atoms with Crippen molar-refractivity contribution in [3.8, 4) is 0 Å². The molecule has 0 radical (unpaired) electrons. The van der Waals surface area contributed by atoms with E-state index in [1.165, 1.54) is 11.7 Å². The third-order valence-electron chi connectivity index (χ3n) is 2.39. The van der Waals surface area contributed by atoms with E-state index < -0.39 is 17.9 Å². The van der Waals surface area contributed by atoms with Crippen LogP contribution < -0.4 is 5.32 Å².